The molecule has 1 aliphatic heterocycles. The van der Waals surface area contributed by atoms with Gasteiger partial charge in [0.15, 0.2) is 0 Å². The zero-order chi connectivity index (χ0) is 18.9. The van der Waals surface area contributed by atoms with Gasteiger partial charge in [-0.1, -0.05) is 6.07 Å². The Balaban J connectivity index is 1.57. The molecule has 0 aromatic carbocycles. The van der Waals surface area contributed by atoms with Gasteiger partial charge in [0.1, 0.15) is 17.2 Å². The van der Waals surface area contributed by atoms with E-state index in [4.69, 9.17) is 9.72 Å². The van der Waals surface area contributed by atoms with Crippen LogP contribution in [0.5, 0.6) is 5.75 Å². The molecule has 7 heteroatoms. The van der Waals surface area contributed by atoms with Gasteiger partial charge in [-0.05, 0) is 31.2 Å². The van der Waals surface area contributed by atoms with Gasteiger partial charge >= 0.3 is 0 Å². The van der Waals surface area contributed by atoms with E-state index >= 15 is 0 Å². The van der Waals surface area contributed by atoms with Crippen LogP contribution in [0.3, 0.4) is 0 Å². The number of pyridine rings is 2. The van der Waals surface area contributed by atoms with Crippen molar-refractivity contribution in [1.82, 2.24) is 24.7 Å². The van der Waals surface area contributed by atoms with E-state index in [1.54, 1.807) is 7.11 Å². The summed E-state index contributed by atoms with van der Waals surface area (Å²) < 4.78 is 7.65. The number of anilines is 1. The van der Waals surface area contributed by atoms with E-state index in [2.05, 4.69) is 31.2 Å². The molecule has 3 N–H and O–H groups in total. The van der Waals surface area contributed by atoms with Crippen LogP contribution in [-0.2, 0) is 0 Å². The van der Waals surface area contributed by atoms with Crippen LogP contribution in [0.1, 0.15) is 6.42 Å². The number of hydrogen-bond donors (Lipinski definition) is 3. The Bertz CT molecular complexity index is 1100. The number of rotatable bonds is 5. The van der Waals surface area contributed by atoms with Crippen molar-refractivity contribution in [3.63, 3.8) is 0 Å². The molecule has 5 rings (SSSR count). The molecular weight excluding hydrogens is 352 g/mol. The van der Waals surface area contributed by atoms with Crippen LogP contribution in [0.15, 0.2) is 55.1 Å². The summed E-state index contributed by atoms with van der Waals surface area (Å²) in [5.41, 5.74) is 4.72. The van der Waals surface area contributed by atoms with Crippen molar-refractivity contribution < 1.29 is 4.74 Å². The number of hydrogen-bond acceptors (Lipinski definition) is 5. The van der Waals surface area contributed by atoms with E-state index in [0.29, 0.717) is 6.04 Å². The fourth-order valence-corrected chi connectivity index (χ4v) is 3.72. The highest BCUT2D eigenvalue weighted by Crippen LogP contribution is 2.32. The number of methoxy groups -OCH3 is 1. The van der Waals surface area contributed by atoms with Gasteiger partial charge in [0, 0.05) is 48.4 Å². The smallest absolute Gasteiger partial charge is 0.140 e. The SMILES string of the molecule is COc1cc2ncc(-c3cccc(NC4CCNC4)n3)n2cc1-c1cc[nH]c1. The third-order valence-electron chi connectivity index (χ3n) is 5.16. The zero-order valence-electron chi connectivity index (χ0n) is 15.6. The Morgan fingerprint density at radius 2 is 2.25 bits per heavy atom. The first-order valence-electron chi connectivity index (χ1n) is 9.45. The highest BCUT2D eigenvalue weighted by Gasteiger charge is 2.16. The summed E-state index contributed by atoms with van der Waals surface area (Å²) in [5, 5.41) is 6.89. The molecule has 0 spiro atoms. The minimum absolute atomic E-state index is 0.425. The molecule has 5 heterocycles. The number of fused-ring (bicyclic) bond motifs is 1. The number of aromatic amines is 1. The second-order valence-corrected chi connectivity index (χ2v) is 6.97. The maximum atomic E-state index is 5.59. The minimum atomic E-state index is 0.425. The van der Waals surface area contributed by atoms with Gasteiger partial charge in [0.25, 0.3) is 0 Å². The average molecular weight is 374 g/mol. The Hall–Kier alpha value is -3.32. The van der Waals surface area contributed by atoms with Crippen LogP contribution < -0.4 is 15.4 Å². The lowest BCUT2D eigenvalue weighted by molar-refractivity contribution is 0.416. The predicted octanol–water partition coefficient (Wildman–Crippen LogP) is 3.17. The fraction of sp³-hybridized carbons (Fsp3) is 0.238. The quantitative estimate of drug-likeness (QED) is 0.500. The Morgan fingerprint density at radius 1 is 1.29 bits per heavy atom. The summed E-state index contributed by atoms with van der Waals surface area (Å²) >= 11 is 0. The van der Waals surface area contributed by atoms with Crippen molar-refractivity contribution >= 4 is 11.5 Å². The predicted molar refractivity (Wildman–Crippen MR) is 110 cm³/mol. The molecule has 1 saturated heterocycles. The molecule has 0 bridgehead atoms. The van der Waals surface area contributed by atoms with Crippen molar-refractivity contribution in [2.24, 2.45) is 0 Å². The van der Waals surface area contributed by atoms with E-state index in [1.807, 2.05) is 48.9 Å². The fourth-order valence-electron chi connectivity index (χ4n) is 3.72. The minimum Gasteiger partial charge on any atom is -0.496 e. The molecule has 1 aliphatic rings. The van der Waals surface area contributed by atoms with Crippen LogP contribution in [0.2, 0.25) is 0 Å². The van der Waals surface area contributed by atoms with Gasteiger partial charge in [0.05, 0.1) is 24.7 Å². The van der Waals surface area contributed by atoms with Crippen molar-refractivity contribution in [3.8, 4) is 28.3 Å². The first-order chi connectivity index (χ1) is 13.8. The van der Waals surface area contributed by atoms with Crippen molar-refractivity contribution in [2.75, 3.05) is 25.5 Å². The summed E-state index contributed by atoms with van der Waals surface area (Å²) in [5.74, 6) is 1.68. The Kier molecular flexibility index (Phi) is 4.21. The number of nitrogens with zero attached hydrogens (tertiary/aromatic N) is 3. The standard InChI is InChI=1S/C21H22N6O/c1-28-19-9-21-24-12-18(27(21)13-16(19)14-5-7-22-10-14)17-3-2-4-20(26-17)25-15-6-8-23-11-15/h2-5,7,9-10,12-13,15,22-23H,6,8,11H2,1H3,(H,25,26). The number of aromatic nitrogens is 4. The zero-order valence-corrected chi connectivity index (χ0v) is 15.6. The summed E-state index contributed by atoms with van der Waals surface area (Å²) in [6.07, 6.45) is 8.89. The molecule has 0 radical (unpaired) electrons. The van der Waals surface area contributed by atoms with E-state index in [0.717, 1.165) is 59.2 Å². The van der Waals surface area contributed by atoms with Gasteiger partial charge < -0.3 is 20.4 Å². The lowest BCUT2D eigenvalue weighted by atomic mass is 10.1. The normalized spacial score (nSPS) is 16.5. The van der Waals surface area contributed by atoms with Crippen LogP contribution in [-0.4, -0.2) is 45.6 Å². The first kappa shape index (κ1) is 16.8. The molecule has 1 unspecified atom stereocenters. The second kappa shape index (κ2) is 7.01. The van der Waals surface area contributed by atoms with Crippen LogP contribution in [0.4, 0.5) is 5.82 Å². The third-order valence-corrected chi connectivity index (χ3v) is 5.16. The number of nitrogens with one attached hydrogen (secondary N) is 3. The van der Waals surface area contributed by atoms with E-state index in [9.17, 15) is 0 Å². The van der Waals surface area contributed by atoms with Crippen molar-refractivity contribution in [1.29, 1.82) is 0 Å². The maximum Gasteiger partial charge on any atom is 0.140 e. The summed E-state index contributed by atoms with van der Waals surface area (Å²) in [7, 11) is 1.68. The van der Waals surface area contributed by atoms with Gasteiger partial charge in [0.2, 0.25) is 0 Å². The Morgan fingerprint density at radius 3 is 3.04 bits per heavy atom. The van der Waals surface area contributed by atoms with Crippen LogP contribution in [0, 0.1) is 0 Å². The monoisotopic (exact) mass is 374 g/mol. The van der Waals surface area contributed by atoms with E-state index < -0.39 is 0 Å². The number of ether oxygens (including phenoxy) is 1. The molecule has 7 nitrogen and oxygen atoms in total. The van der Waals surface area contributed by atoms with Gasteiger partial charge in [-0.15, -0.1) is 0 Å². The van der Waals surface area contributed by atoms with Gasteiger partial charge in [-0.2, -0.15) is 0 Å². The van der Waals surface area contributed by atoms with E-state index in [-0.39, 0.29) is 0 Å². The number of H-pyrrole nitrogens is 1. The topological polar surface area (TPSA) is 79.3 Å². The van der Waals surface area contributed by atoms with Crippen LogP contribution >= 0.6 is 0 Å². The molecule has 4 aromatic rings. The first-order valence-corrected chi connectivity index (χ1v) is 9.45. The molecule has 1 fully saturated rings. The number of imidazole rings is 1. The summed E-state index contributed by atoms with van der Waals surface area (Å²) in [4.78, 5) is 12.5. The van der Waals surface area contributed by atoms with Crippen molar-refractivity contribution in [2.45, 2.75) is 12.5 Å². The van der Waals surface area contributed by atoms with Crippen molar-refractivity contribution in [3.05, 3.63) is 55.1 Å². The summed E-state index contributed by atoms with van der Waals surface area (Å²) in [6.45, 7) is 2.02. The molecular formula is C21H22N6O. The molecule has 28 heavy (non-hydrogen) atoms. The highest BCUT2D eigenvalue weighted by atomic mass is 16.5. The maximum absolute atomic E-state index is 5.59. The van der Waals surface area contributed by atoms with E-state index in [1.165, 1.54) is 0 Å². The largest absolute Gasteiger partial charge is 0.496 e. The highest BCUT2D eigenvalue weighted by molar-refractivity contribution is 5.74. The second-order valence-electron chi connectivity index (χ2n) is 6.97. The lowest BCUT2D eigenvalue weighted by Gasteiger charge is -2.13. The molecule has 4 aromatic heterocycles. The van der Waals surface area contributed by atoms with Gasteiger partial charge in [-0.25, -0.2) is 9.97 Å². The van der Waals surface area contributed by atoms with Crippen LogP contribution in [0.25, 0.3) is 28.2 Å². The molecule has 0 aliphatic carbocycles. The molecule has 1 atom stereocenters. The average Bonchev–Trinajstić information content (AvgIpc) is 3.48. The molecule has 0 saturated carbocycles. The molecule has 0 amide bonds. The Labute approximate surface area is 162 Å². The molecule has 142 valence electrons. The third kappa shape index (κ3) is 2.99. The summed E-state index contributed by atoms with van der Waals surface area (Å²) in [6, 6.07) is 10.5. The van der Waals surface area contributed by atoms with Gasteiger partial charge in [-0.3, -0.25) is 4.40 Å². The lowest BCUT2D eigenvalue weighted by Crippen LogP contribution is -2.22.